The lowest BCUT2D eigenvalue weighted by molar-refractivity contribution is -0.138. The van der Waals surface area contributed by atoms with Crippen LogP contribution >= 0.6 is 0 Å². The van der Waals surface area contributed by atoms with Gasteiger partial charge in [0, 0.05) is 24.4 Å². The quantitative estimate of drug-likeness (QED) is 0.651. The molecule has 1 saturated heterocycles. The highest BCUT2D eigenvalue weighted by molar-refractivity contribution is 5.99. The van der Waals surface area contributed by atoms with Gasteiger partial charge in [0.15, 0.2) is 17.7 Å². The zero-order valence-corrected chi connectivity index (χ0v) is 17.7. The number of halogens is 4. The summed E-state index contributed by atoms with van der Waals surface area (Å²) in [6, 6.07) is 1.38. The van der Waals surface area contributed by atoms with Crippen LogP contribution in [0.2, 0.25) is 0 Å². The number of fused-ring (bicyclic) bond motifs is 4. The molecule has 12 heteroatoms. The fourth-order valence-electron chi connectivity index (χ4n) is 4.82. The first-order chi connectivity index (χ1) is 16.1. The molecule has 180 valence electrons. The third kappa shape index (κ3) is 3.19. The first-order valence-electron chi connectivity index (χ1n) is 10.6. The van der Waals surface area contributed by atoms with Crippen LogP contribution in [-0.4, -0.2) is 50.7 Å². The van der Waals surface area contributed by atoms with Gasteiger partial charge in [-0.2, -0.15) is 0 Å². The van der Waals surface area contributed by atoms with Crippen molar-refractivity contribution >= 4 is 11.8 Å². The highest BCUT2D eigenvalue weighted by Gasteiger charge is 2.77. The van der Waals surface area contributed by atoms with Crippen LogP contribution in [0.4, 0.5) is 17.6 Å². The summed E-state index contributed by atoms with van der Waals surface area (Å²) < 4.78 is 62.5. The van der Waals surface area contributed by atoms with Gasteiger partial charge in [-0.15, -0.1) is 0 Å². The lowest BCUT2D eigenvalue weighted by Gasteiger charge is -2.42. The molecule has 0 spiro atoms. The normalized spacial score (nSPS) is 26.4. The van der Waals surface area contributed by atoms with E-state index in [1.165, 1.54) is 0 Å². The minimum Gasteiger partial charge on any atom is -0.503 e. The molecule has 3 heterocycles. The van der Waals surface area contributed by atoms with E-state index in [2.05, 4.69) is 5.32 Å². The molecule has 5 rings (SSSR count). The topological polar surface area (TPSA) is 101 Å². The first kappa shape index (κ1) is 22.4. The lowest BCUT2D eigenvalue weighted by atomic mass is 10.1. The van der Waals surface area contributed by atoms with E-state index in [1.807, 2.05) is 0 Å². The minimum absolute atomic E-state index is 0.0380. The van der Waals surface area contributed by atoms with E-state index in [-0.39, 0.29) is 18.7 Å². The van der Waals surface area contributed by atoms with Crippen molar-refractivity contribution in [2.75, 3.05) is 0 Å². The maximum absolute atomic E-state index is 14.4. The molecule has 0 radical (unpaired) electrons. The van der Waals surface area contributed by atoms with Crippen molar-refractivity contribution in [3.8, 4) is 5.75 Å². The molecule has 4 atom stereocenters. The molecule has 1 saturated carbocycles. The summed E-state index contributed by atoms with van der Waals surface area (Å²) in [5, 5.41) is 12.7. The molecule has 8 nitrogen and oxygen atoms in total. The fourth-order valence-corrected chi connectivity index (χ4v) is 4.82. The molecule has 34 heavy (non-hydrogen) atoms. The number of pyridine rings is 1. The maximum atomic E-state index is 14.4. The number of aromatic hydroxyl groups is 1. The van der Waals surface area contributed by atoms with E-state index in [1.54, 1.807) is 6.92 Å². The highest BCUT2D eigenvalue weighted by atomic mass is 19.3. The number of hydrogen-bond donors (Lipinski definition) is 2. The predicted molar refractivity (Wildman–Crippen MR) is 107 cm³/mol. The second-order valence-electron chi connectivity index (χ2n) is 8.53. The second-order valence-corrected chi connectivity index (χ2v) is 8.53. The summed E-state index contributed by atoms with van der Waals surface area (Å²) >= 11 is 0. The molecule has 0 bridgehead atoms. The Balaban J connectivity index is 1.44. The Morgan fingerprint density at radius 3 is 2.71 bits per heavy atom. The number of ether oxygens (including phenoxy) is 1. The monoisotopic (exact) mass is 481 g/mol. The van der Waals surface area contributed by atoms with Crippen molar-refractivity contribution in [2.45, 2.75) is 50.7 Å². The van der Waals surface area contributed by atoms with E-state index in [0.29, 0.717) is 12.5 Å². The highest BCUT2D eigenvalue weighted by Crippen LogP contribution is 2.59. The molecule has 2 N–H and O–H groups in total. The second kappa shape index (κ2) is 7.55. The Hall–Kier alpha value is -3.41. The lowest BCUT2D eigenvalue weighted by Crippen LogP contribution is -2.56. The summed E-state index contributed by atoms with van der Waals surface area (Å²) in [7, 11) is 0. The average Bonchev–Trinajstić information content (AvgIpc) is 3.36. The molecule has 1 aromatic heterocycles. The van der Waals surface area contributed by atoms with Gasteiger partial charge in [-0.25, -0.2) is 17.6 Å². The van der Waals surface area contributed by atoms with Gasteiger partial charge >= 0.3 is 0 Å². The van der Waals surface area contributed by atoms with Gasteiger partial charge in [-0.05, 0) is 12.5 Å². The van der Waals surface area contributed by atoms with Crippen LogP contribution in [0.25, 0.3) is 0 Å². The van der Waals surface area contributed by atoms with Crippen molar-refractivity contribution in [1.82, 2.24) is 14.8 Å². The van der Waals surface area contributed by atoms with Crippen LogP contribution in [0.1, 0.15) is 39.8 Å². The van der Waals surface area contributed by atoms with Crippen LogP contribution in [0.5, 0.6) is 5.75 Å². The molecule has 2 aliphatic heterocycles. The largest absolute Gasteiger partial charge is 0.503 e. The summed E-state index contributed by atoms with van der Waals surface area (Å²) in [6.07, 6.45) is -0.488. The number of nitrogens with one attached hydrogen (secondary N) is 1. The van der Waals surface area contributed by atoms with Crippen molar-refractivity contribution in [3.63, 3.8) is 0 Å². The standard InChI is InChI=1S/C22H19F4N3O5/c1-2-13-15-19(22(15,25)26)29-14(34-13)8-28-7-11(17(30)18(31)16(28)21(29)33)20(32)27-6-9-3-4-10(23)5-12(9)24/h3-5,7,13-15,19,31H,2,6,8H2,1H3,(H,27,32)/t13?,14?,15?,19-/m1/s1. The first-order valence-corrected chi connectivity index (χ1v) is 10.6. The van der Waals surface area contributed by atoms with Crippen molar-refractivity contribution in [1.29, 1.82) is 0 Å². The molecule has 1 aliphatic carbocycles. The molecular weight excluding hydrogens is 462 g/mol. The van der Waals surface area contributed by atoms with Gasteiger partial charge < -0.3 is 19.7 Å². The Labute approximate surface area is 189 Å². The van der Waals surface area contributed by atoms with E-state index < -0.39 is 76.1 Å². The van der Waals surface area contributed by atoms with Gasteiger partial charge in [-0.3, -0.25) is 19.3 Å². The summed E-state index contributed by atoms with van der Waals surface area (Å²) in [5.74, 6) is -9.01. The molecule has 2 aromatic rings. The zero-order chi connectivity index (χ0) is 24.5. The van der Waals surface area contributed by atoms with Crippen LogP contribution in [0.15, 0.2) is 29.2 Å². The predicted octanol–water partition coefficient (Wildman–Crippen LogP) is 1.99. The molecular formula is C22H19F4N3O5. The summed E-state index contributed by atoms with van der Waals surface area (Å²) in [4.78, 5) is 39.1. The van der Waals surface area contributed by atoms with Gasteiger partial charge in [-0.1, -0.05) is 13.0 Å². The minimum atomic E-state index is -3.14. The van der Waals surface area contributed by atoms with E-state index in [9.17, 15) is 37.1 Å². The van der Waals surface area contributed by atoms with Crippen LogP contribution < -0.4 is 10.7 Å². The van der Waals surface area contributed by atoms with Crippen LogP contribution in [-0.2, 0) is 17.8 Å². The van der Waals surface area contributed by atoms with Gasteiger partial charge in [0.1, 0.15) is 23.2 Å². The number of aromatic nitrogens is 1. The Bertz CT molecular complexity index is 1280. The number of carbonyl (C=O) groups excluding carboxylic acids is 2. The fraction of sp³-hybridized carbons (Fsp3) is 0.409. The molecule has 1 aromatic carbocycles. The third-order valence-corrected chi connectivity index (χ3v) is 6.56. The van der Waals surface area contributed by atoms with Crippen molar-refractivity contribution < 1.29 is 37.0 Å². The number of hydrogen-bond acceptors (Lipinski definition) is 5. The maximum Gasteiger partial charge on any atom is 0.277 e. The molecule has 2 amide bonds. The van der Waals surface area contributed by atoms with E-state index >= 15 is 0 Å². The molecule has 3 aliphatic rings. The van der Waals surface area contributed by atoms with E-state index in [4.69, 9.17) is 4.74 Å². The number of alkyl halides is 2. The smallest absolute Gasteiger partial charge is 0.277 e. The van der Waals surface area contributed by atoms with Gasteiger partial charge in [0.05, 0.1) is 18.6 Å². The Morgan fingerprint density at radius 1 is 1.29 bits per heavy atom. The number of nitrogens with zero attached hydrogens (tertiary/aromatic N) is 2. The summed E-state index contributed by atoms with van der Waals surface area (Å²) in [6.45, 7) is 1.14. The Morgan fingerprint density at radius 2 is 2.03 bits per heavy atom. The summed E-state index contributed by atoms with van der Waals surface area (Å²) in [5.41, 5.74) is -2.27. The number of rotatable bonds is 4. The van der Waals surface area contributed by atoms with Crippen LogP contribution in [0.3, 0.4) is 0 Å². The SMILES string of the molecule is CCC1OC2Cn3cc(C(=O)NCc4ccc(F)cc4F)c(=O)c(O)c3C(=O)N2[C@@H]2C1C2(F)F. The third-order valence-electron chi connectivity index (χ3n) is 6.56. The van der Waals surface area contributed by atoms with Crippen molar-refractivity contribution in [2.24, 2.45) is 5.92 Å². The number of benzene rings is 1. The average molecular weight is 481 g/mol. The van der Waals surface area contributed by atoms with Crippen LogP contribution in [0, 0.1) is 17.6 Å². The number of amides is 2. The molecule has 2 fully saturated rings. The van der Waals surface area contributed by atoms with Crippen molar-refractivity contribution in [3.05, 3.63) is 63.1 Å². The van der Waals surface area contributed by atoms with E-state index in [0.717, 1.165) is 27.8 Å². The van der Waals surface area contributed by atoms with Gasteiger partial charge in [0.2, 0.25) is 5.43 Å². The number of carbonyl (C=O) groups is 2. The van der Waals surface area contributed by atoms with Gasteiger partial charge in [0.25, 0.3) is 17.7 Å². The Kier molecular flexibility index (Phi) is 4.97. The zero-order valence-electron chi connectivity index (χ0n) is 17.7. The molecule has 3 unspecified atom stereocenters.